The van der Waals surface area contributed by atoms with Crippen LogP contribution in [0.5, 0.6) is 5.75 Å². The van der Waals surface area contributed by atoms with Gasteiger partial charge >= 0.3 is 0 Å². The van der Waals surface area contributed by atoms with Gasteiger partial charge in [0, 0.05) is 35.3 Å². The summed E-state index contributed by atoms with van der Waals surface area (Å²) in [5.74, 6) is 0.638. The topological polar surface area (TPSA) is 98.8 Å². The van der Waals surface area contributed by atoms with Crippen LogP contribution in [-0.4, -0.2) is 23.5 Å². The van der Waals surface area contributed by atoms with Gasteiger partial charge in [-0.3, -0.25) is 20.2 Å². The molecule has 0 amide bonds. The number of hydrogen-bond acceptors (Lipinski definition) is 6. The molecule has 1 saturated heterocycles. The number of non-ortho nitro benzene ring substituents is 1. The van der Waals surface area contributed by atoms with E-state index in [0.29, 0.717) is 12.2 Å². The number of anilines is 1. The fourth-order valence-electron chi connectivity index (χ4n) is 28.0. The van der Waals surface area contributed by atoms with Crippen molar-refractivity contribution in [1.29, 1.82) is 0 Å². The fourth-order valence-corrected chi connectivity index (χ4v) is 28.0. The van der Waals surface area contributed by atoms with E-state index in [-0.39, 0.29) is 28.1 Å². The Labute approximate surface area is 453 Å². The molecule has 28 aromatic rings. The number of benzene rings is 18. The van der Waals surface area contributed by atoms with Gasteiger partial charge in [-0.25, -0.2) is 0 Å². The number of hydrogen-bond donors (Lipinski definition) is 0. The molecule has 0 bridgehead atoms. The van der Waals surface area contributed by atoms with Gasteiger partial charge in [0.2, 0.25) is 0 Å². The summed E-state index contributed by atoms with van der Waals surface area (Å²) in [5.41, 5.74) is 9.04. The highest BCUT2D eigenvalue weighted by Gasteiger charge is 2.81. The van der Waals surface area contributed by atoms with Gasteiger partial charge in [0.05, 0.1) is 29.1 Å². The van der Waals surface area contributed by atoms with Crippen molar-refractivity contribution >= 4 is 286 Å². The molecule has 1 heterocycles. The molecule has 35 rings (SSSR count). The van der Waals surface area contributed by atoms with E-state index >= 15 is 0 Å². The maximum absolute atomic E-state index is 14.1. The molecule has 7 aliphatic rings. The Bertz CT molecular complexity index is 8240. The van der Waals surface area contributed by atoms with Gasteiger partial charge in [-0.15, -0.1) is 0 Å². The predicted molar refractivity (Wildman–Crippen MR) is 334 cm³/mol. The summed E-state index contributed by atoms with van der Waals surface area (Å²) in [6.45, 7) is 0.528. The summed E-state index contributed by atoms with van der Waals surface area (Å²) in [5, 5.41) is 104. The van der Waals surface area contributed by atoms with E-state index in [1.54, 1.807) is 159 Å². The van der Waals surface area contributed by atoms with Crippen LogP contribution in [0.25, 0.3) is 269 Å². The molecule has 0 saturated carbocycles. The first-order chi connectivity index (χ1) is 41.0. The van der Waals surface area contributed by atoms with Crippen LogP contribution >= 0.6 is 0 Å². The van der Waals surface area contributed by atoms with E-state index in [1.807, 2.05) is 0 Å². The van der Waals surface area contributed by atoms with E-state index in [2.05, 4.69) is 29.2 Å². The molecule has 8 nitrogen and oxygen atoms in total. The number of methoxy groups -OCH3 is 1. The normalized spacial score (nSPS) is 23.8. The third kappa shape index (κ3) is 1.98. The van der Waals surface area contributed by atoms with Gasteiger partial charge in [0.25, 0.3) is 11.4 Å². The van der Waals surface area contributed by atoms with Gasteiger partial charge < -0.3 is 9.64 Å². The van der Waals surface area contributed by atoms with Crippen LogP contribution in [0.15, 0.2) is 42.5 Å². The Kier molecular flexibility index (Phi) is 3.20. The molecule has 1 aliphatic heterocycles. The zero-order valence-electron chi connectivity index (χ0n) is 42.4. The molecule has 5 atom stereocenters. The highest BCUT2D eigenvalue weighted by molar-refractivity contribution is 6.80. The van der Waals surface area contributed by atoms with Gasteiger partial charge in [-0.1, -0.05) is 12.1 Å². The van der Waals surface area contributed by atoms with Crippen LogP contribution in [0.2, 0.25) is 0 Å². The van der Waals surface area contributed by atoms with E-state index in [9.17, 15) is 20.2 Å². The SMILES string of the molecule is COc1ccc(C2N(c3ccc([N+](=O)[O-])cc3[N+](=O)[O-])CC34c5c6c7c8c9c%10c%11c%12c(c%13c%14c%15c%16c%17c(c5c5c%18c6c8c6c8c9c9c%10c%10c%12c%12c%13c%15c%13c%15c%16c%16c%17c5c5c%18c6c6c8c8c9c9c%10c%12c%13c%10c%15c%12c%16c5c6c%12c8c9%10)C%143)C24C7%11)cc1. The zero-order chi connectivity index (χ0) is 51.0. The smallest absolute Gasteiger partial charge is 0.299 e. The molecular weight excluding hydrogens is 1020 g/mol. The first kappa shape index (κ1) is 33.3. The summed E-state index contributed by atoms with van der Waals surface area (Å²) in [6.07, 6.45) is 0. The molecule has 360 valence electrons. The predicted octanol–water partition coefficient (Wildman–Crippen LogP) is 19.0. The van der Waals surface area contributed by atoms with Crippen LogP contribution in [0, 0.1) is 20.2 Å². The van der Waals surface area contributed by atoms with Gasteiger partial charge in [-0.05, 0) is 326 Å². The first-order valence-electron chi connectivity index (χ1n) is 29.8. The minimum absolute atomic E-state index is 0.0477. The number of rotatable bonds is 5. The van der Waals surface area contributed by atoms with Crippen molar-refractivity contribution in [2.45, 2.75) is 28.7 Å². The van der Waals surface area contributed by atoms with Crippen LogP contribution in [0.4, 0.5) is 17.1 Å². The summed E-state index contributed by atoms with van der Waals surface area (Å²) in [7, 11) is 1.74. The minimum atomic E-state index is -0.696. The Morgan fingerprint density at radius 1 is 0.386 bits per heavy atom. The molecule has 6 aliphatic carbocycles. The molecule has 2 spiro atoms. The standard InChI is InChI=1S/C75H15N3O5/c1-83-12-5-2-10(3-6-12)73-75-71-65-59-49-37-29-21-17-15-16-19-23(21)31(37)41-35-27(19)28-20(16)24-22-18(15)26-25(17)33-39(29)47-53-43(33)44-34(26)40-30(22)38-32(24)42-36(28)46-45(35)57(51(41)59)67(71)68-58(46)52(42)60-50(38)56-48(40)54(44)62-61(53)69(63(65)55(47)49)74(75,70(62)64(56)66(60)72(68)75)9-76(73)13-7-4-11(77(79)80)8-14(13)78(81)82/h2-8,69,72-73H,9H2,1H3. The van der Waals surface area contributed by atoms with Gasteiger partial charge in [0.15, 0.2) is 0 Å². The van der Waals surface area contributed by atoms with Gasteiger partial charge in [0.1, 0.15) is 11.4 Å². The highest BCUT2D eigenvalue weighted by Crippen LogP contribution is 2.90. The summed E-state index contributed by atoms with van der Waals surface area (Å²) < 4.78 is 6.01. The second-order valence-electron chi connectivity index (χ2n) is 28.9. The fraction of sp³-hybridized carbons (Fsp3) is 0.0933. The summed E-state index contributed by atoms with van der Waals surface area (Å²) in [6, 6.07) is 12.9. The zero-order valence-corrected chi connectivity index (χ0v) is 42.4. The van der Waals surface area contributed by atoms with Crippen molar-refractivity contribution in [2.75, 3.05) is 18.6 Å². The van der Waals surface area contributed by atoms with Crippen molar-refractivity contribution in [1.82, 2.24) is 0 Å². The van der Waals surface area contributed by atoms with Crippen molar-refractivity contribution in [3.63, 3.8) is 0 Å². The van der Waals surface area contributed by atoms with Crippen molar-refractivity contribution < 1.29 is 14.6 Å². The lowest BCUT2D eigenvalue weighted by Gasteiger charge is -2.57. The molecular formula is C75H15N3O5. The average molecular weight is 1040 g/mol. The minimum Gasteiger partial charge on any atom is -0.497 e. The average Bonchev–Trinajstić information content (AvgIpc) is 1.39. The van der Waals surface area contributed by atoms with E-state index in [4.69, 9.17) is 4.74 Å². The second kappa shape index (κ2) is 7.96. The molecule has 0 radical (unpaired) electrons. The lowest BCUT2D eigenvalue weighted by molar-refractivity contribution is -0.393. The molecule has 28 aromatic carbocycles. The third-order valence-corrected chi connectivity index (χ3v) is 28.4. The molecule has 0 N–H and O–H groups in total. The second-order valence-corrected chi connectivity index (χ2v) is 28.9. The maximum atomic E-state index is 14.1. The highest BCUT2D eigenvalue weighted by atomic mass is 16.6. The Morgan fingerprint density at radius 3 is 1.04 bits per heavy atom. The Morgan fingerprint density at radius 2 is 0.699 bits per heavy atom. The number of nitro groups is 2. The van der Waals surface area contributed by atoms with Crippen LogP contribution in [0.3, 0.4) is 0 Å². The summed E-state index contributed by atoms with van der Waals surface area (Å²) >= 11 is 0. The molecule has 5 unspecified atom stereocenters. The van der Waals surface area contributed by atoms with Crippen molar-refractivity contribution in [2.24, 2.45) is 0 Å². The lowest BCUT2D eigenvalue weighted by Crippen LogP contribution is -2.57. The Hall–Kier alpha value is -10.4. The molecule has 0 aromatic heterocycles. The van der Waals surface area contributed by atoms with Crippen molar-refractivity contribution in [3.05, 3.63) is 102 Å². The molecule has 8 heteroatoms. The first-order valence-corrected chi connectivity index (χ1v) is 29.8. The lowest BCUT2D eigenvalue weighted by atomic mass is 9.42. The van der Waals surface area contributed by atoms with Crippen molar-refractivity contribution in [3.8, 4) is 5.75 Å². The maximum Gasteiger partial charge on any atom is 0.299 e. The molecule has 1 fully saturated rings. The third-order valence-electron chi connectivity index (χ3n) is 28.4. The monoisotopic (exact) mass is 1040 g/mol. The van der Waals surface area contributed by atoms with Crippen LogP contribution in [-0.2, 0) is 10.8 Å². The van der Waals surface area contributed by atoms with Crippen LogP contribution in [0.1, 0.15) is 56.8 Å². The Balaban J connectivity index is 1.00. The van der Waals surface area contributed by atoms with Gasteiger partial charge in [-0.2, -0.15) is 0 Å². The summed E-state index contributed by atoms with van der Waals surface area (Å²) in [4.78, 5) is 28.5. The number of ether oxygens (including phenoxy) is 1. The molecule has 83 heavy (non-hydrogen) atoms. The van der Waals surface area contributed by atoms with Crippen LogP contribution < -0.4 is 9.64 Å². The van der Waals surface area contributed by atoms with E-state index in [1.165, 1.54) is 169 Å². The van der Waals surface area contributed by atoms with E-state index in [0.717, 1.165) is 11.3 Å². The van der Waals surface area contributed by atoms with E-state index < -0.39 is 21.8 Å². The quantitative estimate of drug-likeness (QED) is 0.0967. The largest absolute Gasteiger partial charge is 0.497 e. The number of nitrogens with zero attached hydrogens (tertiary/aromatic N) is 3. The number of nitro benzene ring substituents is 2.